The number of halogens is 1. The van der Waals surface area contributed by atoms with Crippen molar-refractivity contribution in [3.63, 3.8) is 0 Å². The van der Waals surface area contributed by atoms with Crippen LogP contribution in [-0.4, -0.2) is 9.78 Å². The zero-order chi connectivity index (χ0) is 14.4. The molecule has 0 aliphatic carbocycles. The topological polar surface area (TPSA) is 43.8 Å². The minimum absolute atomic E-state index is 0.00746. The fraction of sp³-hybridized carbons (Fsp3) is 0.400. The van der Waals surface area contributed by atoms with Gasteiger partial charge in [0, 0.05) is 5.41 Å². The molecule has 2 N–H and O–H groups in total. The summed E-state index contributed by atoms with van der Waals surface area (Å²) in [7, 11) is 0. The van der Waals surface area contributed by atoms with Gasteiger partial charge in [0.25, 0.3) is 0 Å². The number of rotatable bonds is 1. The molecule has 0 amide bonds. The van der Waals surface area contributed by atoms with Crippen LogP contribution in [0.5, 0.6) is 0 Å². The van der Waals surface area contributed by atoms with E-state index in [1.165, 1.54) is 11.1 Å². The van der Waals surface area contributed by atoms with Crippen molar-refractivity contribution in [1.29, 1.82) is 0 Å². The van der Waals surface area contributed by atoms with E-state index in [9.17, 15) is 0 Å². The molecule has 102 valence electrons. The Bertz CT molecular complexity index is 601. The quantitative estimate of drug-likeness (QED) is 0.773. The molecule has 1 aromatic carbocycles. The van der Waals surface area contributed by atoms with Crippen molar-refractivity contribution < 1.29 is 0 Å². The van der Waals surface area contributed by atoms with E-state index in [1.807, 2.05) is 4.68 Å². The van der Waals surface area contributed by atoms with Crippen molar-refractivity contribution >= 4 is 28.4 Å². The maximum absolute atomic E-state index is 6.26. The normalized spacial score (nSPS) is 11.9. The van der Waals surface area contributed by atoms with Gasteiger partial charge in [0.1, 0.15) is 5.82 Å². The van der Waals surface area contributed by atoms with E-state index in [1.54, 1.807) is 0 Å². The Morgan fingerprint density at radius 2 is 1.68 bits per heavy atom. The highest BCUT2D eigenvalue weighted by Gasteiger charge is 2.25. The fourth-order valence-corrected chi connectivity index (χ4v) is 3.35. The number of nitrogens with zero attached hydrogens (tertiary/aromatic N) is 2. The van der Waals surface area contributed by atoms with Crippen molar-refractivity contribution in [2.75, 3.05) is 5.73 Å². The molecule has 1 aromatic heterocycles. The molecule has 0 atom stereocenters. The molecule has 4 heteroatoms. The van der Waals surface area contributed by atoms with Gasteiger partial charge in [0.15, 0.2) is 0 Å². The van der Waals surface area contributed by atoms with Gasteiger partial charge in [-0.25, -0.2) is 4.68 Å². The van der Waals surface area contributed by atoms with E-state index in [0.29, 0.717) is 0 Å². The van der Waals surface area contributed by atoms with E-state index in [0.717, 1.165) is 20.8 Å². The van der Waals surface area contributed by atoms with Crippen molar-refractivity contribution in [3.8, 4) is 5.69 Å². The fourth-order valence-electron chi connectivity index (χ4n) is 2.20. The van der Waals surface area contributed by atoms with Crippen LogP contribution in [0.3, 0.4) is 0 Å². The van der Waals surface area contributed by atoms with Crippen molar-refractivity contribution in [1.82, 2.24) is 9.78 Å². The van der Waals surface area contributed by atoms with Crippen LogP contribution in [0.1, 0.15) is 37.6 Å². The number of nitrogen functional groups attached to an aromatic ring is 1. The highest BCUT2D eigenvalue weighted by molar-refractivity contribution is 14.1. The molecule has 0 aliphatic rings. The lowest BCUT2D eigenvalue weighted by Gasteiger charge is -2.15. The van der Waals surface area contributed by atoms with Gasteiger partial charge in [-0.3, -0.25) is 0 Å². The third-order valence-electron chi connectivity index (χ3n) is 3.22. The number of aromatic nitrogens is 2. The van der Waals surface area contributed by atoms with E-state index in [4.69, 9.17) is 10.8 Å². The van der Waals surface area contributed by atoms with Crippen LogP contribution >= 0.6 is 22.6 Å². The van der Waals surface area contributed by atoms with Gasteiger partial charge in [0.05, 0.1) is 15.0 Å². The van der Waals surface area contributed by atoms with Crippen LogP contribution in [0.15, 0.2) is 18.2 Å². The van der Waals surface area contributed by atoms with Gasteiger partial charge in [-0.2, -0.15) is 5.10 Å². The van der Waals surface area contributed by atoms with Crippen molar-refractivity contribution in [2.24, 2.45) is 0 Å². The third kappa shape index (κ3) is 2.50. The summed E-state index contributed by atoms with van der Waals surface area (Å²) in [4.78, 5) is 0. The molecule has 0 aliphatic heterocycles. The van der Waals surface area contributed by atoms with Crippen LogP contribution in [-0.2, 0) is 5.41 Å². The van der Waals surface area contributed by atoms with Crippen molar-refractivity contribution in [2.45, 2.75) is 40.0 Å². The first-order chi connectivity index (χ1) is 8.73. The molecule has 0 bridgehead atoms. The molecular formula is C15H20IN3. The Morgan fingerprint density at radius 1 is 1.16 bits per heavy atom. The molecule has 2 rings (SSSR count). The molecule has 0 spiro atoms. The standard InChI is InChI=1S/C15H20IN3/c1-9-7-6-8-10(2)12(9)19-14(17)11(16)13(18-19)15(3,4)5/h6-8H,17H2,1-5H3. The Kier molecular flexibility index (Phi) is 3.64. The highest BCUT2D eigenvalue weighted by Crippen LogP contribution is 2.32. The van der Waals surface area contributed by atoms with E-state index >= 15 is 0 Å². The summed E-state index contributed by atoms with van der Waals surface area (Å²) in [5, 5.41) is 4.76. The van der Waals surface area contributed by atoms with Gasteiger partial charge in [-0.1, -0.05) is 39.0 Å². The van der Waals surface area contributed by atoms with Crippen LogP contribution in [0.4, 0.5) is 5.82 Å². The number of para-hydroxylation sites is 1. The van der Waals surface area contributed by atoms with Gasteiger partial charge in [-0.05, 0) is 47.6 Å². The Labute approximate surface area is 128 Å². The van der Waals surface area contributed by atoms with Crippen LogP contribution in [0.25, 0.3) is 5.69 Å². The third-order valence-corrected chi connectivity index (χ3v) is 4.29. The maximum atomic E-state index is 6.26. The van der Waals surface area contributed by atoms with Gasteiger partial charge in [0.2, 0.25) is 0 Å². The lowest BCUT2D eigenvalue weighted by Crippen LogP contribution is -2.14. The summed E-state index contributed by atoms with van der Waals surface area (Å²) in [6, 6.07) is 6.24. The molecule has 0 fully saturated rings. The molecule has 1 heterocycles. The first-order valence-electron chi connectivity index (χ1n) is 6.34. The summed E-state index contributed by atoms with van der Waals surface area (Å²) < 4.78 is 2.93. The Balaban J connectivity index is 2.72. The van der Waals surface area contributed by atoms with E-state index < -0.39 is 0 Å². The van der Waals surface area contributed by atoms with Gasteiger partial charge >= 0.3 is 0 Å². The van der Waals surface area contributed by atoms with Crippen LogP contribution in [0, 0.1) is 17.4 Å². The van der Waals surface area contributed by atoms with Crippen LogP contribution in [0.2, 0.25) is 0 Å². The minimum atomic E-state index is -0.00746. The lowest BCUT2D eigenvalue weighted by atomic mass is 9.92. The number of hydrogen-bond acceptors (Lipinski definition) is 2. The average molecular weight is 369 g/mol. The second-order valence-electron chi connectivity index (χ2n) is 5.95. The van der Waals surface area contributed by atoms with E-state index in [-0.39, 0.29) is 5.41 Å². The van der Waals surface area contributed by atoms with Gasteiger partial charge in [-0.15, -0.1) is 0 Å². The molecule has 2 aromatic rings. The second kappa shape index (κ2) is 4.81. The number of nitrogens with two attached hydrogens (primary N) is 1. The van der Waals surface area contributed by atoms with Crippen LogP contribution < -0.4 is 5.73 Å². The number of benzene rings is 1. The van der Waals surface area contributed by atoms with Crippen molar-refractivity contribution in [3.05, 3.63) is 38.6 Å². The summed E-state index contributed by atoms with van der Waals surface area (Å²) in [5.41, 5.74) is 10.8. The number of aryl methyl sites for hydroxylation is 2. The monoisotopic (exact) mass is 369 g/mol. The van der Waals surface area contributed by atoms with Gasteiger partial charge < -0.3 is 5.73 Å². The van der Waals surface area contributed by atoms with E-state index in [2.05, 4.69) is 75.4 Å². The first-order valence-corrected chi connectivity index (χ1v) is 7.42. The molecule has 0 unspecified atom stereocenters. The second-order valence-corrected chi connectivity index (χ2v) is 7.03. The Morgan fingerprint density at radius 3 is 2.11 bits per heavy atom. The maximum Gasteiger partial charge on any atom is 0.141 e. The molecule has 3 nitrogen and oxygen atoms in total. The number of hydrogen-bond donors (Lipinski definition) is 1. The number of anilines is 1. The molecule has 0 saturated heterocycles. The largest absolute Gasteiger partial charge is 0.383 e. The Hall–Kier alpha value is -1.04. The summed E-state index contributed by atoms with van der Waals surface area (Å²) in [6.45, 7) is 10.7. The smallest absolute Gasteiger partial charge is 0.141 e. The molecule has 0 saturated carbocycles. The highest BCUT2D eigenvalue weighted by atomic mass is 127. The SMILES string of the molecule is Cc1cccc(C)c1-n1nc(C(C)(C)C)c(I)c1N. The minimum Gasteiger partial charge on any atom is -0.383 e. The summed E-state index contributed by atoms with van der Waals surface area (Å²) in [5.74, 6) is 0.725. The predicted molar refractivity (Wildman–Crippen MR) is 88.9 cm³/mol. The predicted octanol–water partition coefficient (Wildman–Crippen LogP) is 3.97. The zero-order valence-electron chi connectivity index (χ0n) is 12.1. The molecule has 19 heavy (non-hydrogen) atoms. The summed E-state index contributed by atoms with van der Waals surface area (Å²) >= 11 is 2.29. The first kappa shape index (κ1) is 14.4. The molecular weight excluding hydrogens is 349 g/mol. The summed E-state index contributed by atoms with van der Waals surface area (Å²) in [6.07, 6.45) is 0. The zero-order valence-corrected chi connectivity index (χ0v) is 14.2. The molecule has 0 radical (unpaired) electrons. The lowest BCUT2D eigenvalue weighted by molar-refractivity contribution is 0.557. The average Bonchev–Trinajstić information content (AvgIpc) is 2.57.